The van der Waals surface area contributed by atoms with Gasteiger partial charge in [-0.15, -0.1) is 0 Å². The maximum atomic E-state index is 12.2. The second-order valence-electron chi connectivity index (χ2n) is 5.84. The topological polar surface area (TPSA) is 78.4 Å². The van der Waals surface area contributed by atoms with Gasteiger partial charge in [0.1, 0.15) is 0 Å². The van der Waals surface area contributed by atoms with Crippen LogP contribution < -0.4 is 24.4 Å². The van der Waals surface area contributed by atoms with Gasteiger partial charge in [0.05, 0.1) is 20.4 Å². The highest BCUT2D eigenvalue weighted by atomic mass is 16.7. The van der Waals surface area contributed by atoms with E-state index in [4.69, 9.17) is 18.9 Å². The largest absolute Gasteiger partial charge is 0.492 e. The lowest BCUT2D eigenvalue weighted by Gasteiger charge is -2.17. The second kappa shape index (κ2) is 8.44. The van der Waals surface area contributed by atoms with Crippen LogP contribution in [0, 0.1) is 0 Å². The zero-order valence-electron chi connectivity index (χ0n) is 15.6. The van der Waals surface area contributed by atoms with Crippen LogP contribution in [-0.2, 0) is 6.42 Å². The number of methoxy groups -OCH3 is 2. The molecule has 0 radical (unpaired) electrons. The number of ether oxygens (including phenoxy) is 4. The zero-order chi connectivity index (χ0) is 19.2. The number of rotatable bonds is 7. The number of nitrogens with zero attached hydrogens (tertiary/aromatic N) is 1. The number of amides is 1. The molecule has 3 rings (SSSR count). The van der Waals surface area contributed by atoms with Crippen LogP contribution in [0.4, 0.5) is 0 Å². The molecule has 1 heterocycles. The number of benzene rings is 2. The number of carbonyl (C=O) groups is 1. The van der Waals surface area contributed by atoms with Crippen LogP contribution in [0.25, 0.3) is 0 Å². The summed E-state index contributed by atoms with van der Waals surface area (Å²) in [7, 11) is 3.14. The fourth-order valence-electron chi connectivity index (χ4n) is 3.00. The van der Waals surface area contributed by atoms with Crippen molar-refractivity contribution >= 4 is 12.1 Å². The van der Waals surface area contributed by atoms with E-state index >= 15 is 0 Å². The van der Waals surface area contributed by atoms with Crippen molar-refractivity contribution < 1.29 is 23.7 Å². The Morgan fingerprint density at radius 1 is 1.15 bits per heavy atom. The molecular weight excluding hydrogens is 348 g/mol. The van der Waals surface area contributed by atoms with Gasteiger partial charge in [-0.3, -0.25) is 4.79 Å². The number of fused-ring (bicyclic) bond motifs is 1. The van der Waals surface area contributed by atoms with Gasteiger partial charge in [-0.25, -0.2) is 5.43 Å². The summed E-state index contributed by atoms with van der Waals surface area (Å²) in [6.45, 7) is 2.16. The lowest BCUT2D eigenvalue weighted by Crippen LogP contribution is -2.17. The summed E-state index contributed by atoms with van der Waals surface area (Å²) in [4.78, 5) is 12.2. The summed E-state index contributed by atoms with van der Waals surface area (Å²) in [5, 5.41) is 4.11. The maximum Gasteiger partial charge on any atom is 0.271 e. The summed E-state index contributed by atoms with van der Waals surface area (Å²) in [6, 6.07) is 8.88. The first-order valence-electron chi connectivity index (χ1n) is 8.66. The molecule has 0 saturated heterocycles. The molecule has 0 fully saturated rings. The normalized spacial score (nSPS) is 12.3. The number of carbonyl (C=O) groups excluding carboxylic acids is 1. The molecule has 1 aliphatic rings. The second-order valence-corrected chi connectivity index (χ2v) is 5.84. The quantitative estimate of drug-likeness (QED) is 0.598. The van der Waals surface area contributed by atoms with Crippen molar-refractivity contribution in [3.8, 4) is 23.0 Å². The molecule has 1 amide bonds. The third kappa shape index (κ3) is 3.67. The highest BCUT2D eigenvalue weighted by Gasteiger charge is 2.30. The number of hydrogen-bond acceptors (Lipinski definition) is 6. The predicted molar refractivity (Wildman–Crippen MR) is 101 cm³/mol. The monoisotopic (exact) mass is 370 g/mol. The Balaban J connectivity index is 1.97. The van der Waals surface area contributed by atoms with E-state index in [2.05, 4.69) is 17.5 Å². The first kappa shape index (κ1) is 18.6. The lowest BCUT2D eigenvalue weighted by molar-refractivity contribution is 0.0955. The summed E-state index contributed by atoms with van der Waals surface area (Å²) in [5.74, 6) is 1.81. The van der Waals surface area contributed by atoms with Crippen molar-refractivity contribution in [2.75, 3.05) is 21.0 Å². The molecule has 7 heteroatoms. The van der Waals surface area contributed by atoms with Gasteiger partial charge in [0, 0.05) is 16.7 Å². The smallest absolute Gasteiger partial charge is 0.271 e. The standard InChI is InChI=1S/C20H22N2O5/c1-4-8-14-15(11-21-22-20(23)13-9-6-5-7-10-13)17(25-3)19-18(16(14)24-2)26-12-27-19/h5-7,9-11H,4,8,12H2,1-3H3,(H,22,23). The summed E-state index contributed by atoms with van der Waals surface area (Å²) < 4.78 is 22.2. The molecule has 1 aliphatic heterocycles. The van der Waals surface area contributed by atoms with E-state index in [1.807, 2.05) is 6.07 Å². The van der Waals surface area contributed by atoms with Crippen molar-refractivity contribution in [3.05, 3.63) is 47.0 Å². The SMILES string of the molecule is CCCc1c(C=NNC(=O)c2ccccc2)c(OC)c2c(c1OC)OCO2. The highest BCUT2D eigenvalue weighted by molar-refractivity contribution is 5.96. The van der Waals surface area contributed by atoms with E-state index in [9.17, 15) is 4.79 Å². The molecule has 0 spiro atoms. The lowest BCUT2D eigenvalue weighted by atomic mass is 10.00. The number of hydrogen-bond donors (Lipinski definition) is 1. The van der Waals surface area contributed by atoms with Crippen LogP contribution in [0.3, 0.4) is 0 Å². The summed E-state index contributed by atoms with van der Waals surface area (Å²) in [5.41, 5.74) is 4.64. The Morgan fingerprint density at radius 2 is 1.81 bits per heavy atom. The number of nitrogens with one attached hydrogen (secondary N) is 1. The molecule has 0 saturated carbocycles. The Labute approximate surface area is 157 Å². The molecule has 0 unspecified atom stereocenters. The predicted octanol–water partition coefficient (Wildman–Crippen LogP) is 3.15. The van der Waals surface area contributed by atoms with Crippen LogP contribution in [0.15, 0.2) is 35.4 Å². The zero-order valence-corrected chi connectivity index (χ0v) is 15.6. The van der Waals surface area contributed by atoms with Gasteiger partial charge in [-0.2, -0.15) is 5.10 Å². The van der Waals surface area contributed by atoms with Crippen molar-refractivity contribution in [3.63, 3.8) is 0 Å². The molecule has 0 bridgehead atoms. The molecule has 2 aromatic carbocycles. The number of hydrazone groups is 1. The Hall–Kier alpha value is -3.22. The van der Waals surface area contributed by atoms with Crippen LogP contribution in [0.2, 0.25) is 0 Å². The van der Waals surface area contributed by atoms with Crippen LogP contribution in [-0.4, -0.2) is 33.1 Å². The Morgan fingerprint density at radius 3 is 2.44 bits per heavy atom. The molecule has 1 N–H and O–H groups in total. The van der Waals surface area contributed by atoms with Crippen molar-refractivity contribution in [2.45, 2.75) is 19.8 Å². The van der Waals surface area contributed by atoms with Crippen molar-refractivity contribution in [1.82, 2.24) is 5.43 Å². The van der Waals surface area contributed by atoms with Gasteiger partial charge < -0.3 is 18.9 Å². The average Bonchev–Trinajstić information content (AvgIpc) is 3.18. The minimum atomic E-state index is -0.296. The molecule has 0 atom stereocenters. The maximum absolute atomic E-state index is 12.2. The molecule has 2 aromatic rings. The first-order valence-corrected chi connectivity index (χ1v) is 8.66. The van der Waals surface area contributed by atoms with Gasteiger partial charge in [-0.1, -0.05) is 31.5 Å². The third-order valence-corrected chi connectivity index (χ3v) is 4.17. The molecule has 0 aromatic heterocycles. The minimum Gasteiger partial charge on any atom is -0.492 e. The van der Waals surface area contributed by atoms with E-state index < -0.39 is 0 Å². The van der Waals surface area contributed by atoms with Gasteiger partial charge >= 0.3 is 0 Å². The van der Waals surface area contributed by atoms with E-state index in [-0.39, 0.29) is 12.7 Å². The Kier molecular flexibility index (Phi) is 5.80. The fraction of sp³-hybridized carbons (Fsp3) is 0.300. The van der Waals surface area contributed by atoms with Crippen molar-refractivity contribution in [2.24, 2.45) is 5.10 Å². The van der Waals surface area contributed by atoms with Crippen LogP contribution >= 0.6 is 0 Å². The van der Waals surface area contributed by atoms with Gasteiger partial charge in [0.2, 0.25) is 18.3 Å². The molecule has 27 heavy (non-hydrogen) atoms. The van der Waals surface area contributed by atoms with Crippen molar-refractivity contribution in [1.29, 1.82) is 0 Å². The fourth-order valence-corrected chi connectivity index (χ4v) is 3.00. The summed E-state index contributed by atoms with van der Waals surface area (Å²) in [6.07, 6.45) is 3.16. The van der Waals surface area contributed by atoms with E-state index in [1.165, 1.54) is 0 Å². The summed E-state index contributed by atoms with van der Waals surface area (Å²) >= 11 is 0. The highest BCUT2D eigenvalue weighted by Crippen LogP contribution is 2.51. The third-order valence-electron chi connectivity index (χ3n) is 4.17. The average molecular weight is 370 g/mol. The molecule has 0 aliphatic carbocycles. The van der Waals surface area contributed by atoms with E-state index in [0.29, 0.717) is 34.1 Å². The minimum absolute atomic E-state index is 0.0962. The van der Waals surface area contributed by atoms with Crippen LogP contribution in [0.5, 0.6) is 23.0 Å². The molecular formula is C20H22N2O5. The molecule has 7 nitrogen and oxygen atoms in total. The Bertz CT molecular complexity index is 849. The van der Waals surface area contributed by atoms with Gasteiger partial charge in [-0.05, 0) is 18.6 Å². The van der Waals surface area contributed by atoms with Crippen LogP contribution in [0.1, 0.15) is 34.8 Å². The van der Waals surface area contributed by atoms with E-state index in [0.717, 1.165) is 18.4 Å². The van der Waals surface area contributed by atoms with Gasteiger partial charge in [0.25, 0.3) is 5.91 Å². The first-order chi connectivity index (χ1) is 13.2. The molecule has 142 valence electrons. The van der Waals surface area contributed by atoms with Gasteiger partial charge in [0.15, 0.2) is 11.5 Å². The van der Waals surface area contributed by atoms with E-state index in [1.54, 1.807) is 44.7 Å².